The highest BCUT2D eigenvalue weighted by molar-refractivity contribution is 5.62. The summed E-state index contributed by atoms with van der Waals surface area (Å²) in [7, 11) is 0. The third-order valence-corrected chi connectivity index (χ3v) is 3.17. The van der Waals surface area contributed by atoms with Crippen LogP contribution in [0.15, 0.2) is 48.8 Å². The zero-order valence-corrected chi connectivity index (χ0v) is 11.4. The summed E-state index contributed by atoms with van der Waals surface area (Å²) in [4.78, 5) is 8.70. The van der Waals surface area contributed by atoms with Gasteiger partial charge in [0.2, 0.25) is 0 Å². The Bertz CT molecular complexity index is 671. The molecule has 0 aliphatic heterocycles. The van der Waals surface area contributed by atoms with Gasteiger partial charge in [-0.3, -0.25) is 9.97 Å². The lowest BCUT2D eigenvalue weighted by atomic mass is 10.1. The Balaban J connectivity index is 2.01. The van der Waals surface area contributed by atoms with Crippen molar-refractivity contribution in [2.24, 2.45) is 0 Å². The van der Waals surface area contributed by atoms with E-state index in [4.69, 9.17) is 0 Å². The average molecular weight is 262 g/mol. The van der Waals surface area contributed by atoms with Crippen LogP contribution in [-0.2, 0) is 0 Å². The van der Waals surface area contributed by atoms with Crippen LogP contribution in [0, 0.1) is 13.8 Å². The Kier molecular flexibility index (Phi) is 3.21. The van der Waals surface area contributed by atoms with Crippen molar-refractivity contribution < 1.29 is 0 Å². The molecule has 0 fully saturated rings. The van der Waals surface area contributed by atoms with E-state index in [-0.39, 0.29) is 0 Å². The monoisotopic (exact) mass is 262 g/mol. The normalized spacial score (nSPS) is 10.5. The molecule has 4 heteroatoms. The maximum absolute atomic E-state index is 4.35. The van der Waals surface area contributed by atoms with Gasteiger partial charge in [-0.2, -0.15) is 0 Å². The summed E-state index contributed by atoms with van der Waals surface area (Å²) in [6.07, 6.45) is 3.53. The molecule has 0 spiro atoms. The number of aromatic nitrogens is 4. The predicted molar refractivity (Wildman–Crippen MR) is 78.0 cm³/mol. The van der Waals surface area contributed by atoms with Crippen LogP contribution in [0.4, 0.5) is 0 Å². The minimum absolute atomic E-state index is 0.778. The van der Waals surface area contributed by atoms with Gasteiger partial charge in [0.1, 0.15) is 11.4 Å². The largest absolute Gasteiger partial charge is 0.254 e. The summed E-state index contributed by atoms with van der Waals surface area (Å²) in [5, 5.41) is 8.55. The highest BCUT2D eigenvalue weighted by atomic mass is 15.1. The van der Waals surface area contributed by atoms with Crippen molar-refractivity contribution in [1.29, 1.82) is 0 Å². The maximum atomic E-state index is 4.35. The van der Waals surface area contributed by atoms with Crippen molar-refractivity contribution in [1.82, 2.24) is 20.2 Å². The van der Waals surface area contributed by atoms with E-state index in [1.807, 2.05) is 50.2 Å². The molecule has 0 aliphatic rings. The molecule has 0 bridgehead atoms. The van der Waals surface area contributed by atoms with Gasteiger partial charge in [-0.25, -0.2) is 0 Å². The number of pyridine rings is 2. The summed E-state index contributed by atoms with van der Waals surface area (Å²) in [5.41, 5.74) is 5.46. The van der Waals surface area contributed by atoms with Crippen LogP contribution in [0.1, 0.15) is 11.1 Å². The number of aryl methyl sites for hydroxylation is 2. The summed E-state index contributed by atoms with van der Waals surface area (Å²) in [6.45, 7) is 4.03. The van der Waals surface area contributed by atoms with Crippen LogP contribution in [-0.4, -0.2) is 20.2 Å². The molecule has 0 amide bonds. The Morgan fingerprint density at radius 2 is 1.10 bits per heavy atom. The first-order valence-electron chi connectivity index (χ1n) is 6.43. The van der Waals surface area contributed by atoms with Crippen molar-refractivity contribution in [2.75, 3.05) is 0 Å². The van der Waals surface area contributed by atoms with Gasteiger partial charge in [-0.15, -0.1) is 10.2 Å². The van der Waals surface area contributed by atoms with Crippen molar-refractivity contribution >= 4 is 0 Å². The molecule has 3 heterocycles. The molecule has 0 N–H and O–H groups in total. The number of hydrogen-bond donors (Lipinski definition) is 0. The number of nitrogens with zero attached hydrogens (tertiary/aromatic N) is 4. The number of hydrogen-bond acceptors (Lipinski definition) is 4. The molecule has 3 aromatic heterocycles. The quantitative estimate of drug-likeness (QED) is 0.711. The van der Waals surface area contributed by atoms with Gasteiger partial charge in [0, 0.05) is 12.4 Å². The number of rotatable bonds is 2. The van der Waals surface area contributed by atoms with E-state index in [1.165, 1.54) is 0 Å². The van der Waals surface area contributed by atoms with E-state index in [0.29, 0.717) is 0 Å². The Morgan fingerprint density at radius 1 is 0.650 bits per heavy atom. The summed E-state index contributed by atoms with van der Waals surface area (Å²) >= 11 is 0. The molecule has 98 valence electrons. The molecule has 0 aliphatic carbocycles. The van der Waals surface area contributed by atoms with E-state index < -0.39 is 0 Å². The average Bonchev–Trinajstić information content (AvgIpc) is 2.49. The van der Waals surface area contributed by atoms with Crippen LogP contribution in [0.3, 0.4) is 0 Å². The fourth-order valence-electron chi connectivity index (χ4n) is 2.09. The molecule has 0 saturated heterocycles. The molecule has 20 heavy (non-hydrogen) atoms. The van der Waals surface area contributed by atoms with E-state index in [1.54, 1.807) is 12.4 Å². The van der Waals surface area contributed by atoms with Gasteiger partial charge in [0.25, 0.3) is 0 Å². The fraction of sp³-hybridized carbons (Fsp3) is 0.125. The molecule has 0 atom stereocenters. The van der Waals surface area contributed by atoms with Gasteiger partial charge in [0.05, 0.1) is 11.4 Å². The summed E-state index contributed by atoms with van der Waals surface area (Å²) in [5.74, 6) is 0. The predicted octanol–water partition coefficient (Wildman–Crippen LogP) is 3.22. The first-order chi connectivity index (χ1) is 9.75. The lowest BCUT2D eigenvalue weighted by Gasteiger charge is -2.05. The second-order valence-corrected chi connectivity index (χ2v) is 4.64. The van der Waals surface area contributed by atoms with Gasteiger partial charge in [-0.1, -0.05) is 12.1 Å². The summed E-state index contributed by atoms with van der Waals surface area (Å²) in [6, 6.07) is 11.7. The van der Waals surface area contributed by atoms with Crippen molar-refractivity contribution in [2.45, 2.75) is 13.8 Å². The molecular weight excluding hydrogens is 248 g/mol. The molecule has 0 radical (unpaired) electrons. The topological polar surface area (TPSA) is 51.6 Å². The fourth-order valence-corrected chi connectivity index (χ4v) is 2.09. The molecule has 0 unspecified atom stereocenters. The third-order valence-electron chi connectivity index (χ3n) is 3.17. The third kappa shape index (κ3) is 2.28. The SMILES string of the molecule is Cc1cccnc1-c1ccc(-c2ncccc2C)nn1. The lowest BCUT2D eigenvalue weighted by molar-refractivity contribution is 1.02. The van der Waals surface area contributed by atoms with E-state index >= 15 is 0 Å². The van der Waals surface area contributed by atoms with E-state index in [0.717, 1.165) is 33.9 Å². The first kappa shape index (κ1) is 12.4. The highest BCUT2D eigenvalue weighted by Crippen LogP contribution is 2.21. The van der Waals surface area contributed by atoms with Gasteiger partial charge < -0.3 is 0 Å². The zero-order valence-electron chi connectivity index (χ0n) is 11.4. The Morgan fingerprint density at radius 3 is 1.45 bits per heavy atom. The second-order valence-electron chi connectivity index (χ2n) is 4.64. The van der Waals surface area contributed by atoms with Gasteiger partial charge >= 0.3 is 0 Å². The van der Waals surface area contributed by atoms with Gasteiger partial charge in [0.15, 0.2) is 0 Å². The van der Waals surface area contributed by atoms with E-state index in [9.17, 15) is 0 Å². The van der Waals surface area contributed by atoms with Crippen LogP contribution in [0.5, 0.6) is 0 Å². The van der Waals surface area contributed by atoms with Crippen LogP contribution in [0.2, 0.25) is 0 Å². The second kappa shape index (κ2) is 5.17. The molecule has 3 rings (SSSR count). The Hall–Kier alpha value is -2.62. The van der Waals surface area contributed by atoms with Crippen LogP contribution in [0.25, 0.3) is 22.8 Å². The minimum atomic E-state index is 0.778. The maximum Gasteiger partial charge on any atom is 0.112 e. The van der Waals surface area contributed by atoms with Crippen LogP contribution < -0.4 is 0 Å². The molecule has 3 aromatic rings. The van der Waals surface area contributed by atoms with Crippen LogP contribution >= 0.6 is 0 Å². The Labute approximate surface area is 117 Å². The first-order valence-corrected chi connectivity index (χ1v) is 6.43. The van der Waals surface area contributed by atoms with Gasteiger partial charge in [-0.05, 0) is 49.2 Å². The van der Waals surface area contributed by atoms with E-state index in [2.05, 4.69) is 20.2 Å². The lowest BCUT2D eigenvalue weighted by Crippen LogP contribution is -1.96. The molecule has 4 nitrogen and oxygen atoms in total. The smallest absolute Gasteiger partial charge is 0.112 e. The molecule has 0 aromatic carbocycles. The zero-order chi connectivity index (χ0) is 13.9. The minimum Gasteiger partial charge on any atom is -0.254 e. The standard InChI is InChI=1S/C16H14N4/c1-11-5-3-9-17-15(11)13-7-8-14(20-19-13)16-12(2)6-4-10-18-16/h3-10H,1-2H3. The molecular formula is C16H14N4. The van der Waals surface area contributed by atoms with Crippen molar-refractivity contribution in [3.63, 3.8) is 0 Å². The summed E-state index contributed by atoms with van der Waals surface area (Å²) < 4.78 is 0. The molecule has 0 saturated carbocycles. The van der Waals surface area contributed by atoms with Crippen molar-refractivity contribution in [3.8, 4) is 22.8 Å². The van der Waals surface area contributed by atoms with Crippen molar-refractivity contribution in [3.05, 3.63) is 59.9 Å². The highest BCUT2D eigenvalue weighted by Gasteiger charge is 2.08.